The van der Waals surface area contributed by atoms with E-state index in [2.05, 4.69) is 20.8 Å². The van der Waals surface area contributed by atoms with Gasteiger partial charge in [-0.1, -0.05) is 26.7 Å². The molecule has 1 fully saturated rings. The SMILES string of the molecule is CCO[C@H]1CCCCC1(C)C. The molecular weight excluding hydrogens is 136 g/mol. The van der Waals surface area contributed by atoms with Crippen LogP contribution in [0.2, 0.25) is 0 Å². The molecule has 1 saturated carbocycles. The third-order valence-electron chi connectivity index (χ3n) is 2.78. The minimum atomic E-state index is 0.425. The minimum Gasteiger partial charge on any atom is -0.378 e. The molecule has 0 heterocycles. The van der Waals surface area contributed by atoms with Gasteiger partial charge in [-0.15, -0.1) is 0 Å². The summed E-state index contributed by atoms with van der Waals surface area (Å²) in [7, 11) is 0. The first-order chi connectivity index (χ1) is 5.17. The maximum Gasteiger partial charge on any atom is 0.0625 e. The average Bonchev–Trinajstić information content (AvgIpc) is 1.94. The Hall–Kier alpha value is -0.0400. The van der Waals surface area contributed by atoms with E-state index < -0.39 is 0 Å². The van der Waals surface area contributed by atoms with Gasteiger partial charge in [0, 0.05) is 6.61 Å². The largest absolute Gasteiger partial charge is 0.378 e. The third kappa shape index (κ3) is 2.19. The summed E-state index contributed by atoms with van der Waals surface area (Å²) in [6, 6.07) is 0. The van der Waals surface area contributed by atoms with Gasteiger partial charge in [-0.25, -0.2) is 0 Å². The van der Waals surface area contributed by atoms with Crippen molar-refractivity contribution in [3.8, 4) is 0 Å². The molecule has 1 aliphatic rings. The van der Waals surface area contributed by atoms with Crippen LogP contribution in [0.3, 0.4) is 0 Å². The van der Waals surface area contributed by atoms with Gasteiger partial charge in [0.05, 0.1) is 6.10 Å². The Morgan fingerprint density at radius 1 is 1.36 bits per heavy atom. The predicted octanol–water partition coefficient (Wildman–Crippen LogP) is 2.99. The first-order valence-electron chi connectivity index (χ1n) is 4.78. The molecule has 1 atom stereocenters. The van der Waals surface area contributed by atoms with Gasteiger partial charge < -0.3 is 4.74 Å². The fourth-order valence-corrected chi connectivity index (χ4v) is 1.97. The molecule has 1 rings (SSSR count). The van der Waals surface area contributed by atoms with Gasteiger partial charge in [-0.05, 0) is 25.2 Å². The zero-order chi connectivity index (χ0) is 8.32. The van der Waals surface area contributed by atoms with E-state index in [-0.39, 0.29) is 0 Å². The van der Waals surface area contributed by atoms with E-state index in [1.54, 1.807) is 0 Å². The second-order valence-corrected chi connectivity index (χ2v) is 4.18. The normalized spacial score (nSPS) is 30.3. The molecule has 0 aliphatic heterocycles. The van der Waals surface area contributed by atoms with Crippen LogP contribution in [0.4, 0.5) is 0 Å². The molecule has 0 bridgehead atoms. The molecular formula is C10H20O. The third-order valence-corrected chi connectivity index (χ3v) is 2.78. The fourth-order valence-electron chi connectivity index (χ4n) is 1.97. The van der Waals surface area contributed by atoms with Crippen molar-refractivity contribution in [1.82, 2.24) is 0 Å². The molecule has 0 aromatic carbocycles. The summed E-state index contributed by atoms with van der Waals surface area (Å²) in [5.41, 5.74) is 0.425. The van der Waals surface area contributed by atoms with Gasteiger partial charge in [0.25, 0.3) is 0 Å². The second kappa shape index (κ2) is 3.57. The molecule has 0 aromatic rings. The van der Waals surface area contributed by atoms with E-state index in [0.717, 1.165) is 6.61 Å². The Morgan fingerprint density at radius 3 is 2.64 bits per heavy atom. The summed E-state index contributed by atoms with van der Waals surface area (Å²) in [5, 5.41) is 0. The Morgan fingerprint density at radius 2 is 2.09 bits per heavy atom. The van der Waals surface area contributed by atoms with Crippen molar-refractivity contribution in [3.05, 3.63) is 0 Å². The predicted molar refractivity (Wildman–Crippen MR) is 47.7 cm³/mol. The first kappa shape index (κ1) is 9.05. The van der Waals surface area contributed by atoms with Crippen LogP contribution in [0.5, 0.6) is 0 Å². The van der Waals surface area contributed by atoms with Crippen LogP contribution in [0.1, 0.15) is 46.5 Å². The number of hydrogen-bond donors (Lipinski definition) is 0. The summed E-state index contributed by atoms with van der Waals surface area (Å²) in [6.07, 6.45) is 5.85. The molecule has 0 N–H and O–H groups in total. The van der Waals surface area contributed by atoms with E-state index in [9.17, 15) is 0 Å². The van der Waals surface area contributed by atoms with Crippen LogP contribution in [0.15, 0.2) is 0 Å². The highest BCUT2D eigenvalue weighted by molar-refractivity contribution is 4.83. The Balaban J connectivity index is 2.45. The highest BCUT2D eigenvalue weighted by atomic mass is 16.5. The lowest BCUT2D eigenvalue weighted by atomic mass is 9.75. The minimum absolute atomic E-state index is 0.425. The van der Waals surface area contributed by atoms with Crippen molar-refractivity contribution in [1.29, 1.82) is 0 Å². The quantitative estimate of drug-likeness (QED) is 0.597. The van der Waals surface area contributed by atoms with Crippen molar-refractivity contribution < 1.29 is 4.74 Å². The van der Waals surface area contributed by atoms with Gasteiger partial charge in [-0.3, -0.25) is 0 Å². The lowest BCUT2D eigenvalue weighted by molar-refractivity contribution is -0.0451. The van der Waals surface area contributed by atoms with Gasteiger partial charge in [0.2, 0.25) is 0 Å². The number of rotatable bonds is 2. The summed E-state index contributed by atoms with van der Waals surface area (Å²) in [5.74, 6) is 0. The van der Waals surface area contributed by atoms with E-state index in [0.29, 0.717) is 11.5 Å². The topological polar surface area (TPSA) is 9.23 Å². The molecule has 1 aliphatic carbocycles. The first-order valence-corrected chi connectivity index (χ1v) is 4.78. The highest BCUT2D eigenvalue weighted by Crippen LogP contribution is 2.37. The van der Waals surface area contributed by atoms with Crippen molar-refractivity contribution in [2.45, 2.75) is 52.6 Å². The molecule has 1 heteroatoms. The van der Waals surface area contributed by atoms with Crippen LogP contribution in [-0.4, -0.2) is 12.7 Å². The molecule has 1 nitrogen and oxygen atoms in total. The maximum atomic E-state index is 5.70. The molecule has 66 valence electrons. The lowest BCUT2D eigenvalue weighted by Gasteiger charge is -2.38. The van der Waals surface area contributed by atoms with Crippen LogP contribution in [0.25, 0.3) is 0 Å². The van der Waals surface area contributed by atoms with Gasteiger partial charge in [-0.2, -0.15) is 0 Å². The van der Waals surface area contributed by atoms with Crippen molar-refractivity contribution >= 4 is 0 Å². The van der Waals surface area contributed by atoms with Crippen molar-refractivity contribution in [3.63, 3.8) is 0 Å². The van der Waals surface area contributed by atoms with E-state index in [1.165, 1.54) is 25.7 Å². The molecule has 0 saturated heterocycles. The van der Waals surface area contributed by atoms with Gasteiger partial charge in [0.15, 0.2) is 0 Å². The Bertz CT molecular complexity index is 116. The molecule has 0 aromatic heterocycles. The van der Waals surface area contributed by atoms with Gasteiger partial charge >= 0.3 is 0 Å². The zero-order valence-corrected chi connectivity index (χ0v) is 8.02. The Labute approximate surface area is 70.1 Å². The fraction of sp³-hybridized carbons (Fsp3) is 1.00. The molecule has 0 unspecified atom stereocenters. The summed E-state index contributed by atoms with van der Waals surface area (Å²) in [4.78, 5) is 0. The Kier molecular flexibility index (Phi) is 2.94. The van der Waals surface area contributed by atoms with E-state index in [1.807, 2.05) is 0 Å². The number of ether oxygens (including phenoxy) is 1. The van der Waals surface area contributed by atoms with Crippen LogP contribution >= 0.6 is 0 Å². The molecule has 11 heavy (non-hydrogen) atoms. The van der Waals surface area contributed by atoms with Crippen LogP contribution in [-0.2, 0) is 4.74 Å². The monoisotopic (exact) mass is 156 g/mol. The van der Waals surface area contributed by atoms with Crippen molar-refractivity contribution in [2.24, 2.45) is 5.41 Å². The standard InChI is InChI=1S/C10H20O/c1-4-11-9-7-5-6-8-10(9,2)3/h9H,4-8H2,1-3H3/t9-/m0/s1. The summed E-state index contributed by atoms with van der Waals surface area (Å²) < 4.78 is 5.70. The smallest absolute Gasteiger partial charge is 0.0625 e. The molecule has 0 amide bonds. The second-order valence-electron chi connectivity index (χ2n) is 4.18. The summed E-state index contributed by atoms with van der Waals surface area (Å²) in [6.45, 7) is 7.61. The van der Waals surface area contributed by atoms with Gasteiger partial charge in [0.1, 0.15) is 0 Å². The van der Waals surface area contributed by atoms with E-state index in [4.69, 9.17) is 4.74 Å². The lowest BCUT2D eigenvalue weighted by Crippen LogP contribution is -2.35. The zero-order valence-electron chi connectivity index (χ0n) is 8.02. The van der Waals surface area contributed by atoms with Crippen LogP contribution in [0, 0.1) is 5.41 Å². The highest BCUT2D eigenvalue weighted by Gasteiger charge is 2.32. The number of hydrogen-bond acceptors (Lipinski definition) is 1. The maximum absolute atomic E-state index is 5.70. The van der Waals surface area contributed by atoms with E-state index >= 15 is 0 Å². The van der Waals surface area contributed by atoms with Crippen LogP contribution < -0.4 is 0 Å². The van der Waals surface area contributed by atoms with Crippen molar-refractivity contribution in [2.75, 3.05) is 6.61 Å². The summed E-state index contributed by atoms with van der Waals surface area (Å²) >= 11 is 0. The average molecular weight is 156 g/mol. The molecule has 0 spiro atoms. The molecule has 0 radical (unpaired) electrons.